The summed E-state index contributed by atoms with van der Waals surface area (Å²) in [5.74, 6) is 0.971. The van der Waals surface area contributed by atoms with Gasteiger partial charge in [0.1, 0.15) is 5.76 Å². The molecule has 0 spiro atoms. The number of carbonyl (C=O) groups excluding carboxylic acids is 1. The van der Waals surface area contributed by atoms with Gasteiger partial charge in [0.15, 0.2) is 0 Å². The second kappa shape index (κ2) is 6.86. The summed E-state index contributed by atoms with van der Waals surface area (Å²) in [6.45, 7) is 0.778. The third-order valence-corrected chi connectivity index (χ3v) is 5.21. The van der Waals surface area contributed by atoms with Crippen molar-refractivity contribution in [2.24, 2.45) is 0 Å². The Kier molecular flexibility index (Phi) is 4.87. The molecule has 2 heterocycles. The van der Waals surface area contributed by atoms with Gasteiger partial charge in [-0.3, -0.25) is 4.79 Å². The van der Waals surface area contributed by atoms with Gasteiger partial charge in [-0.25, -0.2) is 0 Å². The van der Waals surface area contributed by atoms with Gasteiger partial charge in [0.25, 0.3) is 0 Å². The van der Waals surface area contributed by atoms with Crippen LogP contribution < -0.4 is 0 Å². The lowest BCUT2D eigenvalue weighted by Crippen LogP contribution is -2.42. The molecular formula is C18H27NO3. The van der Waals surface area contributed by atoms with Gasteiger partial charge in [0.2, 0.25) is 5.91 Å². The van der Waals surface area contributed by atoms with Gasteiger partial charge < -0.3 is 14.4 Å². The van der Waals surface area contributed by atoms with Crippen LogP contribution in [0.2, 0.25) is 0 Å². The maximum Gasteiger partial charge on any atom is 0.226 e. The lowest BCUT2D eigenvalue weighted by Gasteiger charge is -2.35. The molecule has 0 aromatic carbocycles. The Morgan fingerprint density at radius 3 is 2.73 bits per heavy atom. The topological polar surface area (TPSA) is 53.7 Å². The van der Waals surface area contributed by atoms with Crippen LogP contribution in [-0.4, -0.2) is 28.1 Å². The zero-order valence-corrected chi connectivity index (χ0v) is 13.3. The molecule has 1 aliphatic heterocycles. The fraction of sp³-hybridized carbons (Fsp3) is 0.722. The van der Waals surface area contributed by atoms with Crippen molar-refractivity contribution in [3.63, 3.8) is 0 Å². The molecule has 3 rings (SSSR count). The van der Waals surface area contributed by atoms with E-state index in [1.54, 1.807) is 6.26 Å². The first-order chi connectivity index (χ1) is 10.7. The monoisotopic (exact) mass is 305 g/mol. The van der Waals surface area contributed by atoms with Crippen molar-refractivity contribution in [1.29, 1.82) is 0 Å². The lowest BCUT2D eigenvalue weighted by molar-refractivity contribution is -0.140. The van der Waals surface area contributed by atoms with E-state index in [0.717, 1.165) is 63.7 Å². The molecule has 1 atom stereocenters. The maximum atomic E-state index is 12.9. The molecule has 1 N–H and O–H groups in total. The number of furan rings is 1. The molecule has 1 aliphatic carbocycles. The van der Waals surface area contributed by atoms with E-state index < -0.39 is 5.60 Å². The molecule has 22 heavy (non-hydrogen) atoms. The molecule has 4 nitrogen and oxygen atoms in total. The summed E-state index contributed by atoms with van der Waals surface area (Å²) in [6.07, 6.45) is 11.0. The van der Waals surface area contributed by atoms with Gasteiger partial charge in [-0.05, 0) is 37.8 Å². The summed E-state index contributed by atoms with van der Waals surface area (Å²) in [7, 11) is 0. The van der Waals surface area contributed by atoms with Crippen LogP contribution in [-0.2, 0) is 4.79 Å². The number of rotatable bonds is 3. The van der Waals surface area contributed by atoms with Crippen LogP contribution >= 0.6 is 0 Å². The quantitative estimate of drug-likeness (QED) is 0.924. The normalized spacial score (nSPS) is 25.7. The Morgan fingerprint density at radius 1 is 1.23 bits per heavy atom. The van der Waals surface area contributed by atoms with Crippen molar-refractivity contribution >= 4 is 5.91 Å². The van der Waals surface area contributed by atoms with Crippen molar-refractivity contribution in [2.75, 3.05) is 6.54 Å². The Bertz CT molecular complexity index is 477. The Hall–Kier alpha value is -1.29. The predicted molar refractivity (Wildman–Crippen MR) is 84.3 cm³/mol. The lowest BCUT2D eigenvalue weighted by atomic mass is 9.82. The highest BCUT2D eigenvalue weighted by molar-refractivity contribution is 5.77. The van der Waals surface area contributed by atoms with E-state index in [1.165, 1.54) is 6.42 Å². The zero-order chi connectivity index (χ0) is 15.4. The van der Waals surface area contributed by atoms with Crippen LogP contribution in [0, 0.1) is 0 Å². The number of amides is 1. The maximum absolute atomic E-state index is 12.9. The highest BCUT2D eigenvalue weighted by Gasteiger charge is 2.36. The van der Waals surface area contributed by atoms with Crippen LogP contribution in [0.15, 0.2) is 22.8 Å². The van der Waals surface area contributed by atoms with Crippen LogP contribution in [0.25, 0.3) is 0 Å². The first kappa shape index (κ1) is 15.6. The van der Waals surface area contributed by atoms with Crippen molar-refractivity contribution in [2.45, 2.75) is 75.9 Å². The molecule has 1 unspecified atom stereocenters. The number of hydrogen-bond acceptors (Lipinski definition) is 3. The van der Waals surface area contributed by atoms with Crippen molar-refractivity contribution in [3.8, 4) is 0 Å². The molecule has 1 saturated heterocycles. The average Bonchev–Trinajstić information content (AvgIpc) is 2.91. The average molecular weight is 305 g/mol. The third-order valence-electron chi connectivity index (χ3n) is 5.21. The second-order valence-corrected chi connectivity index (χ2v) is 6.93. The van der Waals surface area contributed by atoms with E-state index in [2.05, 4.69) is 0 Å². The third kappa shape index (κ3) is 3.54. The molecule has 1 amide bonds. The zero-order valence-electron chi connectivity index (χ0n) is 13.3. The molecule has 2 aliphatic rings. The summed E-state index contributed by atoms with van der Waals surface area (Å²) in [4.78, 5) is 14.8. The fourth-order valence-corrected chi connectivity index (χ4v) is 3.95. The van der Waals surface area contributed by atoms with Gasteiger partial charge in [0, 0.05) is 6.54 Å². The first-order valence-corrected chi connectivity index (χ1v) is 8.73. The Morgan fingerprint density at radius 2 is 2.00 bits per heavy atom. The largest absolute Gasteiger partial charge is 0.467 e. The predicted octanol–water partition coefficient (Wildman–Crippen LogP) is 3.81. The molecule has 0 bridgehead atoms. The van der Waals surface area contributed by atoms with Crippen LogP contribution in [0.3, 0.4) is 0 Å². The summed E-state index contributed by atoms with van der Waals surface area (Å²) in [5, 5.41) is 10.7. The molecule has 122 valence electrons. The summed E-state index contributed by atoms with van der Waals surface area (Å²) in [5.41, 5.74) is -0.782. The number of hydrogen-bond donors (Lipinski definition) is 1. The Labute approximate surface area is 132 Å². The van der Waals surface area contributed by atoms with Crippen molar-refractivity contribution in [1.82, 2.24) is 4.90 Å². The second-order valence-electron chi connectivity index (χ2n) is 6.93. The van der Waals surface area contributed by atoms with Gasteiger partial charge in [0.05, 0.1) is 24.3 Å². The number of likely N-dealkylation sites (tertiary alicyclic amines) is 1. The first-order valence-electron chi connectivity index (χ1n) is 8.73. The van der Waals surface area contributed by atoms with E-state index >= 15 is 0 Å². The molecule has 4 heteroatoms. The highest BCUT2D eigenvalue weighted by Crippen LogP contribution is 2.35. The molecule has 1 aromatic rings. The van der Waals surface area contributed by atoms with E-state index in [9.17, 15) is 9.90 Å². The van der Waals surface area contributed by atoms with Crippen LogP contribution in [0.4, 0.5) is 0 Å². The van der Waals surface area contributed by atoms with E-state index in [4.69, 9.17) is 4.42 Å². The van der Waals surface area contributed by atoms with E-state index in [1.807, 2.05) is 17.0 Å². The molecule has 2 fully saturated rings. The minimum absolute atomic E-state index is 0.0391. The van der Waals surface area contributed by atoms with E-state index in [0.29, 0.717) is 0 Å². The number of nitrogens with zero attached hydrogens (tertiary/aromatic N) is 1. The standard InChI is InChI=1S/C18H27NO3/c20-17(14-18(21)10-4-2-5-11-18)19-12-6-1-3-8-15(19)16-9-7-13-22-16/h7,9,13,15,21H,1-6,8,10-12,14H2. The minimum atomic E-state index is -0.782. The van der Waals surface area contributed by atoms with Gasteiger partial charge >= 0.3 is 0 Å². The molecule has 1 saturated carbocycles. The summed E-state index contributed by atoms with van der Waals surface area (Å²) >= 11 is 0. The highest BCUT2D eigenvalue weighted by atomic mass is 16.3. The number of carbonyl (C=O) groups is 1. The molecule has 1 aromatic heterocycles. The fourth-order valence-electron chi connectivity index (χ4n) is 3.95. The van der Waals surface area contributed by atoms with E-state index in [-0.39, 0.29) is 18.4 Å². The van der Waals surface area contributed by atoms with Crippen molar-refractivity contribution < 1.29 is 14.3 Å². The SMILES string of the molecule is O=C(CC1(O)CCCCC1)N1CCCCCC1c1ccco1. The number of aliphatic hydroxyl groups is 1. The molecule has 0 radical (unpaired) electrons. The summed E-state index contributed by atoms with van der Waals surface area (Å²) < 4.78 is 5.57. The van der Waals surface area contributed by atoms with Crippen LogP contribution in [0.1, 0.15) is 76.0 Å². The minimum Gasteiger partial charge on any atom is -0.467 e. The van der Waals surface area contributed by atoms with Gasteiger partial charge in [-0.1, -0.05) is 32.1 Å². The Balaban J connectivity index is 1.72. The molecular weight excluding hydrogens is 278 g/mol. The van der Waals surface area contributed by atoms with Crippen molar-refractivity contribution in [3.05, 3.63) is 24.2 Å². The van der Waals surface area contributed by atoms with Crippen LogP contribution in [0.5, 0.6) is 0 Å². The smallest absolute Gasteiger partial charge is 0.226 e. The van der Waals surface area contributed by atoms with Gasteiger partial charge in [-0.15, -0.1) is 0 Å². The summed E-state index contributed by atoms with van der Waals surface area (Å²) in [6, 6.07) is 3.89. The van der Waals surface area contributed by atoms with Gasteiger partial charge in [-0.2, -0.15) is 0 Å².